The minimum Gasteiger partial charge on any atom is -0.347 e. The Morgan fingerprint density at radius 1 is 1.21 bits per heavy atom. The van der Waals surface area contributed by atoms with Gasteiger partial charge in [-0.3, -0.25) is 9.59 Å². The van der Waals surface area contributed by atoms with Gasteiger partial charge in [0.1, 0.15) is 11.5 Å². The molecular formula is C23H24F3N5O2. The van der Waals surface area contributed by atoms with Crippen molar-refractivity contribution in [1.29, 1.82) is 0 Å². The molecule has 0 aliphatic heterocycles. The summed E-state index contributed by atoms with van der Waals surface area (Å²) < 4.78 is 38.3. The van der Waals surface area contributed by atoms with Crippen molar-refractivity contribution >= 4 is 28.5 Å². The number of aromatic nitrogens is 3. The molecule has 1 fully saturated rings. The molecule has 0 radical (unpaired) electrons. The molecule has 0 saturated heterocycles. The molecule has 3 aromatic rings. The van der Waals surface area contributed by atoms with Gasteiger partial charge >= 0.3 is 6.18 Å². The van der Waals surface area contributed by atoms with E-state index in [1.807, 2.05) is 24.3 Å². The maximum Gasteiger partial charge on any atom is 0.433 e. The van der Waals surface area contributed by atoms with Gasteiger partial charge < -0.3 is 15.2 Å². The molecule has 33 heavy (non-hydrogen) atoms. The van der Waals surface area contributed by atoms with Crippen LogP contribution in [0.4, 0.5) is 18.9 Å². The number of H-pyrrole nitrogens is 1. The maximum atomic E-state index is 12.8. The number of fused-ring (bicyclic) bond motifs is 1. The van der Waals surface area contributed by atoms with Gasteiger partial charge in [0, 0.05) is 18.4 Å². The van der Waals surface area contributed by atoms with E-state index in [9.17, 15) is 22.8 Å². The number of amides is 2. The number of nitrogens with zero attached hydrogens (tertiary/aromatic N) is 3. The number of rotatable bonds is 7. The molecule has 0 spiro atoms. The van der Waals surface area contributed by atoms with E-state index < -0.39 is 17.8 Å². The van der Waals surface area contributed by atoms with Gasteiger partial charge in [-0.2, -0.15) is 13.2 Å². The average molecular weight is 459 g/mol. The van der Waals surface area contributed by atoms with Gasteiger partial charge in [0.25, 0.3) is 0 Å². The quantitative estimate of drug-likeness (QED) is 0.558. The van der Waals surface area contributed by atoms with E-state index in [1.54, 1.807) is 13.8 Å². The topological polar surface area (TPSA) is 91.0 Å². The smallest absolute Gasteiger partial charge is 0.347 e. The number of carbonyl (C=O) groups is 2. The molecule has 1 aliphatic rings. The predicted octanol–water partition coefficient (Wildman–Crippen LogP) is 4.03. The van der Waals surface area contributed by atoms with Gasteiger partial charge in [-0.25, -0.2) is 9.97 Å². The van der Waals surface area contributed by atoms with Crippen LogP contribution in [0.25, 0.3) is 11.0 Å². The Labute approximate surface area is 188 Å². The van der Waals surface area contributed by atoms with E-state index in [0.717, 1.165) is 35.5 Å². The molecule has 2 atom stereocenters. The van der Waals surface area contributed by atoms with Crippen LogP contribution in [-0.4, -0.2) is 39.4 Å². The first-order valence-electron chi connectivity index (χ1n) is 10.7. The number of hydrogen-bond donors (Lipinski definition) is 2. The van der Waals surface area contributed by atoms with E-state index in [4.69, 9.17) is 0 Å². The molecule has 0 bridgehead atoms. The molecule has 2 heterocycles. The lowest BCUT2D eigenvalue weighted by atomic mass is 10.2. The van der Waals surface area contributed by atoms with Crippen molar-refractivity contribution < 1.29 is 22.8 Å². The lowest BCUT2D eigenvalue weighted by molar-refractivity contribution is -0.141. The summed E-state index contributed by atoms with van der Waals surface area (Å²) in [5.41, 5.74) is 1.06. The molecule has 1 aliphatic carbocycles. The fourth-order valence-electron chi connectivity index (χ4n) is 3.95. The van der Waals surface area contributed by atoms with Gasteiger partial charge in [0.15, 0.2) is 0 Å². The first-order valence-corrected chi connectivity index (χ1v) is 10.7. The predicted molar refractivity (Wildman–Crippen MR) is 116 cm³/mol. The largest absolute Gasteiger partial charge is 0.433 e. The molecule has 1 aromatic carbocycles. The number of carbonyl (C=O) groups excluding carboxylic acids is 2. The second-order valence-electron chi connectivity index (χ2n) is 8.48. The normalized spacial score (nSPS) is 17.9. The molecule has 1 saturated carbocycles. The molecular weight excluding hydrogens is 435 g/mol. The zero-order valence-electron chi connectivity index (χ0n) is 18.2. The summed E-state index contributed by atoms with van der Waals surface area (Å²) in [6.45, 7) is 3.22. The van der Waals surface area contributed by atoms with Crippen LogP contribution in [0.5, 0.6) is 0 Å². The number of anilines is 1. The van der Waals surface area contributed by atoms with E-state index in [-0.39, 0.29) is 42.4 Å². The van der Waals surface area contributed by atoms with Gasteiger partial charge in [-0.05, 0) is 50.5 Å². The van der Waals surface area contributed by atoms with Crippen LogP contribution >= 0.6 is 0 Å². The third-order valence-electron chi connectivity index (χ3n) is 5.67. The number of nitrogens with one attached hydrogen (secondary N) is 2. The van der Waals surface area contributed by atoms with Crippen molar-refractivity contribution in [2.24, 2.45) is 5.92 Å². The second-order valence-corrected chi connectivity index (χ2v) is 8.48. The van der Waals surface area contributed by atoms with Gasteiger partial charge in [-0.1, -0.05) is 12.1 Å². The molecule has 2 amide bonds. The molecule has 0 unspecified atom stereocenters. The summed E-state index contributed by atoms with van der Waals surface area (Å²) in [4.78, 5) is 37.7. The monoisotopic (exact) mass is 459 g/mol. The first-order chi connectivity index (χ1) is 15.6. The Morgan fingerprint density at radius 2 is 1.97 bits per heavy atom. The zero-order chi connectivity index (χ0) is 23.8. The summed E-state index contributed by atoms with van der Waals surface area (Å²) >= 11 is 0. The van der Waals surface area contributed by atoms with Crippen molar-refractivity contribution in [3.05, 3.63) is 54.1 Å². The van der Waals surface area contributed by atoms with Gasteiger partial charge in [0.05, 0.1) is 29.5 Å². The fourth-order valence-corrected chi connectivity index (χ4v) is 3.95. The lowest BCUT2D eigenvalue weighted by Gasteiger charge is -2.27. The Hall–Kier alpha value is -3.43. The highest BCUT2D eigenvalue weighted by molar-refractivity contribution is 5.97. The summed E-state index contributed by atoms with van der Waals surface area (Å²) in [6, 6.07) is 9.45. The molecule has 10 heteroatoms. The Kier molecular flexibility index (Phi) is 6.09. The summed E-state index contributed by atoms with van der Waals surface area (Å²) in [7, 11) is 0. The summed E-state index contributed by atoms with van der Waals surface area (Å²) in [5.74, 6) is 0.529. The maximum absolute atomic E-state index is 12.8. The van der Waals surface area contributed by atoms with Crippen molar-refractivity contribution in [3.63, 3.8) is 0 Å². The summed E-state index contributed by atoms with van der Waals surface area (Å²) in [5, 5.41) is 2.63. The number of pyridine rings is 1. The number of para-hydroxylation sites is 2. The number of benzene rings is 1. The van der Waals surface area contributed by atoms with Crippen LogP contribution < -0.4 is 10.2 Å². The van der Waals surface area contributed by atoms with Crippen LogP contribution in [-0.2, 0) is 15.8 Å². The molecule has 2 aromatic heterocycles. The third kappa shape index (κ3) is 5.15. The molecule has 7 nitrogen and oxygen atoms in total. The van der Waals surface area contributed by atoms with E-state index in [2.05, 4.69) is 20.3 Å². The molecule has 4 rings (SSSR count). The number of alkyl halides is 3. The van der Waals surface area contributed by atoms with Crippen LogP contribution in [0.15, 0.2) is 42.6 Å². The van der Waals surface area contributed by atoms with Crippen molar-refractivity contribution in [1.82, 2.24) is 20.3 Å². The Bertz CT molecular complexity index is 1120. The second kappa shape index (κ2) is 8.84. The molecule has 2 N–H and O–H groups in total. The number of aromatic amines is 1. The van der Waals surface area contributed by atoms with E-state index in [0.29, 0.717) is 0 Å². The van der Waals surface area contributed by atoms with Crippen LogP contribution in [0.3, 0.4) is 0 Å². The van der Waals surface area contributed by atoms with Crippen molar-refractivity contribution in [2.75, 3.05) is 11.4 Å². The van der Waals surface area contributed by atoms with Crippen molar-refractivity contribution in [2.45, 2.75) is 44.8 Å². The standard InChI is InChI=1S/C23H24F3N5O2/c1-13(2)31(15-7-8-19(27-11-15)23(24,25)26)21(33)12-28-20(32)10-14-9-16(14)22-29-17-5-3-4-6-18(17)30-22/h3-8,11,13-14,16H,9-10,12H2,1-2H3,(H,28,32)(H,29,30)/t14-,16-/m0/s1. The molecule has 174 valence electrons. The van der Waals surface area contributed by atoms with Gasteiger partial charge in [-0.15, -0.1) is 0 Å². The number of imidazole rings is 1. The average Bonchev–Trinajstić information content (AvgIpc) is 3.38. The highest BCUT2D eigenvalue weighted by Gasteiger charge is 2.41. The van der Waals surface area contributed by atoms with Crippen LogP contribution in [0.2, 0.25) is 0 Å². The number of hydrogen-bond acceptors (Lipinski definition) is 4. The highest BCUT2D eigenvalue weighted by atomic mass is 19.4. The summed E-state index contributed by atoms with van der Waals surface area (Å²) in [6.07, 6.45) is -2.41. The van der Waals surface area contributed by atoms with Crippen LogP contribution in [0.1, 0.15) is 44.1 Å². The third-order valence-corrected chi connectivity index (χ3v) is 5.67. The SMILES string of the molecule is CC(C)N(C(=O)CNC(=O)C[C@@H]1C[C@@H]1c1nc2ccccc2[nH]1)c1ccc(C(F)(F)F)nc1. The lowest BCUT2D eigenvalue weighted by Crippen LogP contribution is -2.44. The first kappa shape index (κ1) is 22.8. The Balaban J connectivity index is 1.31. The van der Waals surface area contributed by atoms with E-state index >= 15 is 0 Å². The van der Waals surface area contributed by atoms with Crippen LogP contribution in [0, 0.1) is 5.92 Å². The highest BCUT2D eigenvalue weighted by Crippen LogP contribution is 2.48. The van der Waals surface area contributed by atoms with Gasteiger partial charge in [0.2, 0.25) is 11.8 Å². The number of halogens is 3. The van der Waals surface area contributed by atoms with Crippen molar-refractivity contribution in [3.8, 4) is 0 Å². The minimum absolute atomic E-state index is 0.154. The van der Waals surface area contributed by atoms with E-state index in [1.165, 1.54) is 11.0 Å². The fraction of sp³-hybridized carbons (Fsp3) is 0.391. The minimum atomic E-state index is -4.55. The Morgan fingerprint density at radius 3 is 2.61 bits per heavy atom. The zero-order valence-corrected chi connectivity index (χ0v) is 18.2.